The Morgan fingerprint density at radius 3 is 2.78 bits per heavy atom. The molecule has 1 aliphatic carbocycles. The molecule has 1 aromatic carbocycles. The van der Waals surface area contributed by atoms with Gasteiger partial charge < -0.3 is 15.4 Å². The van der Waals surface area contributed by atoms with Crippen LogP contribution < -0.4 is 10.6 Å². The van der Waals surface area contributed by atoms with Gasteiger partial charge in [-0.1, -0.05) is 31.4 Å². The van der Waals surface area contributed by atoms with Crippen molar-refractivity contribution in [2.24, 2.45) is 4.99 Å². The summed E-state index contributed by atoms with van der Waals surface area (Å²) in [5.41, 5.74) is 0.910. The highest BCUT2D eigenvalue weighted by Crippen LogP contribution is 2.20. The third-order valence-corrected chi connectivity index (χ3v) is 4.40. The summed E-state index contributed by atoms with van der Waals surface area (Å²) in [7, 11) is 0. The van der Waals surface area contributed by atoms with Gasteiger partial charge in [-0.3, -0.25) is 10.1 Å². The summed E-state index contributed by atoms with van der Waals surface area (Å²) in [5.74, 6) is 0.719. The molecule has 0 atom stereocenters. The number of nitrogens with zero attached hydrogens (tertiary/aromatic N) is 2. The molecule has 0 spiro atoms. The Balaban J connectivity index is 0.00000364. The van der Waals surface area contributed by atoms with Crippen molar-refractivity contribution in [3.8, 4) is 0 Å². The zero-order valence-electron chi connectivity index (χ0n) is 16.0. The number of hydrogen-bond acceptors (Lipinski definition) is 4. The number of ether oxygens (including phenoxy) is 1. The SMILES string of the molecule is CCNC(=NCc1cccc([N+](=O)[O-])c1)NCCCOC1CCCCC1.I. The van der Waals surface area contributed by atoms with Gasteiger partial charge in [-0.05, 0) is 31.7 Å². The lowest BCUT2D eigenvalue weighted by atomic mass is 9.98. The van der Waals surface area contributed by atoms with E-state index < -0.39 is 0 Å². The Hall–Kier alpha value is -1.42. The lowest BCUT2D eigenvalue weighted by molar-refractivity contribution is -0.384. The van der Waals surface area contributed by atoms with E-state index in [1.807, 2.05) is 13.0 Å². The molecule has 2 N–H and O–H groups in total. The Bertz CT molecular complexity index is 592. The predicted molar refractivity (Wildman–Crippen MR) is 119 cm³/mol. The van der Waals surface area contributed by atoms with Crippen molar-refractivity contribution in [3.63, 3.8) is 0 Å². The molecule has 0 heterocycles. The summed E-state index contributed by atoms with van der Waals surface area (Å²) in [6, 6.07) is 6.58. The minimum atomic E-state index is -0.386. The molecule has 1 aliphatic rings. The van der Waals surface area contributed by atoms with Crippen LogP contribution in [-0.2, 0) is 11.3 Å². The molecule has 7 nitrogen and oxygen atoms in total. The molecule has 1 fully saturated rings. The number of benzene rings is 1. The van der Waals surface area contributed by atoms with Crippen molar-refractivity contribution in [3.05, 3.63) is 39.9 Å². The van der Waals surface area contributed by atoms with E-state index in [4.69, 9.17) is 4.74 Å². The van der Waals surface area contributed by atoms with Gasteiger partial charge in [-0.25, -0.2) is 4.99 Å². The van der Waals surface area contributed by atoms with Crippen LogP contribution in [0.3, 0.4) is 0 Å². The van der Waals surface area contributed by atoms with Crippen molar-refractivity contribution >= 4 is 35.6 Å². The van der Waals surface area contributed by atoms with Gasteiger partial charge in [0.25, 0.3) is 5.69 Å². The maximum atomic E-state index is 10.8. The predicted octanol–water partition coefficient (Wildman–Crippen LogP) is 4.01. The first-order valence-electron chi connectivity index (χ1n) is 9.56. The standard InChI is InChI=1S/C19H30N4O3.HI/c1-2-20-19(21-12-7-13-26-18-10-4-3-5-11-18)22-15-16-8-6-9-17(14-16)23(24)25;/h6,8-9,14,18H,2-5,7,10-13,15H2,1H3,(H2,20,21,22);1H. The minimum absolute atomic E-state index is 0. The van der Waals surface area contributed by atoms with E-state index >= 15 is 0 Å². The van der Waals surface area contributed by atoms with Crippen LogP contribution in [0.15, 0.2) is 29.3 Å². The molecule has 0 bridgehead atoms. The number of nitrogens with one attached hydrogen (secondary N) is 2. The van der Waals surface area contributed by atoms with Crippen LogP contribution in [0, 0.1) is 10.1 Å². The summed E-state index contributed by atoms with van der Waals surface area (Å²) < 4.78 is 5.93. The summed E-state index contributed by atoms with van der Waals surface area (Å²) in [6.07, 6.45) is 7.68. The van der Waals surface area contributed by atoms with Gasteiger partial charge in [-0.15, -0.1) is 24.0 Å². The van der Waals surface area contributed by atoms with Crippen LogP contribution in [0.5, 0.6) is 0 Å². The fraction of sp³-hybridized carbons (Fsp3) is 0.632. The Labute approximate surface area is 178 Å². The van der Waals surface area contributed by atoms with E-state index in [1.54, 1.807) is 12.1 Å². The van der Waals surface area contributed by atoms with Crippen molar-refractivity contribution < 1.29 is 9.66 Å². The highest BCUT2D eigenvalue weighted by atomic mass is 127. The number of aliphatic imine (C=N–C) groups is 1. The summed E-state index contributed by atoms with van der Waals surface area (Å²) in [6.45, 7) is 4.72. The summed E-state index contributed by atoms with van der Waals surface area (Å²) in [5, 5.41) is 17.3. The largest absolute Gasteiger partial charge is 0.378 e. The van der Waals surface area contributed by atoms with Crippen LogP contribution in [0.4, 0.5) is 5.69 Å². The zero-order valence-corrected chi connectivity index (χ0v) is 18.3. The number of nitro groups is 1. The lowest BCUT2D eigenvalue weighted by Gasteiger charge is -2.22. The number of halogens is 1. The Kier molecular flexibility index (Phi) is 12.0. The van der Waals surface area contributed by atoms with E-state index in [2.05, 4.69) is 15.6 Å². The van der Waals surface area contributed by atoms with E-state index in [1.165, 1.54) is 38.2 Å². The monoisotopic (exact) mass is 490 g/mol. The summed E-state index contributed by atoms with van der Waals surface area (Å²) in [4.78, 5) is 15.0. The van der Waals surface area contributed by atoms with Crippen molar-refractivity contribution in [1.82, 2.24) is 10.6 Å². The average molecular weight is 490 g/mol. The van der Waals surface area contributed by atoms with Gasteiger partial charge in [0.1, 0.15) is 0 Å². The molecule has 2 rings (SSSR count). The molecule has 0 unspecified atom stereocenters. The fourth-order valence-corrected chi connectivity index (χ4v) is 3.04. The lowest BCUT2D eigenvalue weighted by Crippen LogP contribution is -2.38. The highest BCUT2D eigenvalue weighted by molar-refractivity contribution is 14.0. The van der Waals surface area contributed by atoms with E-state index in [0.29, 0.717) is 12.6 Å². The van der Waals surface area contributed by atoms with Crippen LogP contribution in [0.2, 0.25) is 0 Å². The molecule has 0 aromatic heterocycles. The van der Waals surface area contributed by atoms with Crippen LogP contribution in [0.25, 0.3) is 0 Å². The van der Waals surface area contributed by atoms with Gasteiger partial charge in [0.05, 0.1) is 17.6 Å². The molecule has 1 aromatic rings. The zero-order chi connectivity index (χ0) is 18.6. The van der Waals surface area contributed by atoms with Crippen LogP contribution >= 0.6 is 24.0 Å². The number of guanidine groups is 1. The maximum absolute atomic E-state index is 10.8. The summed E-state index contributed by atoms with van der Waals surface area (Å²) >= 11 is 0. The van der Waals surface area contributed by atoms with Crippen molar-refractivity contribution in [2.45, 2.75) is 58.1 Å². The highest BCUT2D eigenvalue weighted by Gasteiger charge is 2.13. The molecule has 0 radical (unpaired) electrons. The number of rotatable bonds is 9. The Morgan fingerprint density at radius 1 is 1.30 bits per heavy atom. The van der Waals surface area contributed by atoms with E-state index in [-0.39, 0.29) is 34.6 Å². The van der Waals surface area contributed by atoms with Gasteiger partial charge in [0, 0.05) is 31.8 Å². The second-order valence-electron chi connectivity index (χ2n) is 6.53. The number of nitro benzene ring substituents is 1. The third kappa shape index (κ3) is 9.37. The fourth-order valence-electron chi connectivity index (χ4n) is 3.04. The molecular weight excluding hydrogens is 459 g/mol. The first kappa shape index (κ1) is 23.6. The molecular formula is C19H31IN4O3. The molecule has 152 valence electrons. The van der Waals surface area contributed by atoms with Gasteiger partial charge in [-0.2, -0.15) is 0 Å². The number of hydrogen-bond donors (Lipinski definition) is 2. The molecule has 8 heteroatoms. The van der Waals surface area contributed by atoms with E-state index in [9.17, 15) is 10.1 Å². The van der Waals surface area contributed by atoms with Gasteiger partial charge in [0.2, 0.25) is 0 Å². The van der Waals surface area contributed by atoms with Crippen LogP contribution in [0.1, 0.15) is 51.0 Å². The molecule has 0 amide bonds. The quantitative estimate of drug-likeness (QED) is 0.136. The molecule has 0 aliphatic heterocycles. The number of non-ortho nitro benzene ring substituents is 1. The van der Waals surface area contributed by atoms with Crippen molar-refractivity contribution in [1.29, 1.82) is 0 Å². The average Bonchev–Trinajstić information content (AvgIpc) is 2.66. The van der Waals surface area contributed by atoms with E-state index in [0.717, 1.165) is 37.6 Å². The second kappa shape index (κ2) is 13.7. The maximum Gasteiger partial charge on any atom is 0.269 e. The van der Waals surface area contributed by atoms with Gasteiger partial charge >= 0.3 is 0 Å². The molecule has 1 saturated carbocycles. The first-order valence-corrected chi connectivity index (χ1v) is 9.56. The molecule has 0 saturated heterocycles. The third-order valence-electron chi connectivity index (χ3n) is 4.40. The molecule has 27 heavy (non-hydrogen) atoms. The Morgan fingerprint density at radius 2 is 2.07 bits per heavy atom. The normalized spacial score (nSPS) is 15.1. The minimum Gasteiger partial charge on any atom is -0.378 e. The smallest absolute Gasteiger partial charge is 0.269 e. The van der Waals surface area contributed by atoms with Crippen LogP contribution in [-0.4, -0.2) is 36.7 Å². The van der Waals surface area contributed by atoms with Gasteiger partial charge in [0.15, 0.2) is 5.96 Å². The van der Waals surface area contributed by atoms with Crippen molar-refractivity contribution in [2.75, 3.05) is 19.7 Å². The first-order chi connectivity index (χ1) is 12.7. The second-order valence-corrected chi connectivity index (χ2v) is 6.53. The topological polar surface area (TPSA) is 88.8 Å².